The first-order valence-electron chi connectivity index (χ1n) is 7.89. The van der Waals surface area contributed by atoms with Gasteiger partial charge in [-0.2, -0.15) is 0 Å². The van der Waals surface area contributed by atoms with Crippen molar-refractivity contribution in [2.75, 3.05) is 5.32 Å². The van der Waals surface area contributed by atoms with Crippen molar-refractivity contribution in [3.8, 4) is 0 Å². The van der Waals surface area contributed by atoms with Crippen LogP contribution in [0.4, 0.5) is 5.69 Å². The smallest absolute Gasteiger partial charge is 0.171 e. The van der Waals surface area contributed by atoms with E-state index in [4.69, 9.17) is 12.2 Å². The molecule has 0 atom stereocenters. The molecule has 0 radical (unpaired) electrons. The molecule has 0 saturated heterocycles. The lowest BCUT2D eigenvalue weighted by molar-refractivity contribution is 0.408. The molecule has 1 aliphatic rings. The SMILES string of the molecule is Cc1ccc(NC(=S)NC2(c3ccccc3)CCCC2)cc1. The molecule has 0 spiro atoms. The van der Waals surface area contributed by atoms with Gasteiger partial charge in [0.1, 0.15) is 0 Å². The van der Waals surface area contributed by atoms with Gasteiger partial charge >= 0.3 is 0 Å². The molecule has 0 amide bonds. The molecule has 22 heavy (non-hydrogen) atoms. The van der Waals surface area contributed by atoms with Gasteiger partial charge in [-0.15, -0.1) is 0 Å². The van der Waals surface area contributed by atoms with Gasteiger partial charge in [0, 0.05) is 5.69 Å². The van der Waals surface area contributed by atoms with E-state index < -0.39 is 0 Å². The van der Waals surface area contributed by atoms with E-state index in [1.165, 1.54) is 24.0 Å². The third kappa shape index (κ3) is 3.30. The van der Waals surface area contributed by atoms with Crippen LogP contribution in [-0.4, -0.2) is 5.11 Å². The normalized spacial score (nSPS) is 16.2. The zero-order valence-electron chi connectivity index (χ0n) is 12.9. The predicted molar refractivity (Wildman–Crippen MR) is 97.1 cm³/mol. The quantitative estimate of drug-likeness (QED) is 0.800. The standard InChI is InChI=1S/C19H22N2S/c1-15-9-11-17(12-10-15)20-18(22)21-19(13-5-6-14-19)16-7-3-2-4-8-16/h2-4,7-12H,5-6,13-14H2,1H3,(H2,20,21,22). The molecule has 1 saturated carbocycles. The Morgan fingerprint density at radius 1 is 0.955 bits per heavy atom. The Bertz CT molecular complexity index is 628. The van der Waals surface area contributed by atoms with E-state index in [1.807, 2.05) is 0 Å². The highest BCUT2D eigenvalue weighted by Gasteiger charge is 2.35. The van der Waals surface area contributed by atoms with Crippen molar-refractivity contribution in [1.82, 2.24) is 5.32 Å². The van der Waals surface area contributed by atoms with Crippen molar-refractivity contribution < 1.29 is 0 Å². The summed E-state index contributed by atoms with van der Waals surface area (Å²) in [4.78, 5) is 0. The minimum Gasteiger partial charge on any atom is -0.353 e. The van der Waals surface area contributed by atoms with Crippen LogP contribution in [0.5, 0.6) is 0 Å². The van der Waals surface area contributed by atoms with Crippen molar-refractivity contribution in [3.05, 3.63) is 65.7 Å². The number of hydrogen-bond donors (Lipinski definition) is 2. The van der Waals surface area contributed by atoms with E-state index in [0.717, 1.165) is 18.5 Å². The Morgan fingerprint density at radius 2 is 1.59 bits per heavy atom. The second-order valence-corrected chi connectivity index (χ2v) is 6.51. The number of anilines is 1. The Labute approximate surface area is 137 Å². The molecule has 0 heterocycles. The summed E-state index contributed by atoms with van der Waals surface area (Å²) in [6, 6.07) is 19.0. The van der Waals surface area contributed by atoms with E-state index in [0.29, 0.717) is 5.11 Å². The molecule has 114 valence electrons. The topological polar surface area (TPSA) is 24.1 Å². The molecule has 3 rings (SSSR count). The zero-order chi connectivity index (χ0) is 15.4. The Kier molecular flexibility index (Phi) is 4.44. The Morgan fingerprint density at radius 3 is 2.23 bits per heavy atom. The molecular weight excluding hydrogens is 288 g/mol. The van der Waals surface area contributed by atoms with Crippen LogP contribution in [0.3, 0.4) is 0 Å². The summed E-state index contributed by atoms with van der Waals surface area (Å²) < 4.78 is 0. The molecule has 3 heteroatoms. The summed E-state index contributed by atoms with van der Waals surface area (Å²) in [5.74, 6) is 0. The van der Waals surface area contributed by atoms with Gasteiger partial charge in [-0.3, -0.25) is 0 Å². The summed E-state index contributed by atoms with van der Waals surface area (Å²) in [5, 5.41) is 7.61. The van der Waals surface area contributed by atoms with Crippen LogP contribution in [-0.2, 0) is 5.54 Å². The number of nitrogens with one attached hydrogen (secondary N) is 2. The number of benzene rings is 2. The maximum absolute atomic E-state index is 5.56. The lowest BCUT2D eigenvalue weighted by atomic mass is 9.88. The summed E-state index contributed by atoms with van der Waals surface area (Å²) in [7, 11) is 0. The van der Waals surface area contributed by atoms with Crippen molar-refractivity contribution in [3.63, 3.8) is 0 Å². The van der Waals surface area contributed by atoms with Gasteiger partial charge in [0.25, 0.3) is 0 Å². The molecule has 0 bridgehead atoms. The predicted octanol–water partition coefficient (Wildman–Crippen LogP) is 4.75. The van der Waals surface area contributed by atoms with E-state index in [9.17, 15) is 0 Å². The number of hydrogen-bond acceptors (Lipinski definition) is 1. The fraction of sp³-hybridized carbons (Fsp3) is 0.316. The Balaban J connectivity index is 1.74. The lowest BCUT2D eigenvalue weighted by Gasteiger charge is -2.32. The van der Waals surface area contributed by atoms with E-state index in [2.05, 4.69) is 72.2 Å². The van der Waals surface area contributed by atoms with Crippen LogP contribution >= 0.6 is 12.2 Å². The molecule has 2 nitrogen and oxygen atoms in total. The van der Waals surface area contributed by atoms with Gasteiger partial charge in [0.05, 0.1) is 5.54 Å². The van der Waals surface area contributed by atoms with Crippen molar-refractivity contribution in [2.24, 2.45) is 0 Å². The van der Waals surface area contributed by atoms with Gasteiger partial charge in [-0.05, 0) is 49.7 Å². The first-order valence-corrected chi connectivity index (χ1v) is 8.30. The fourth-order valence-electron chi connectivity index (χ4n) is 3.24. The summed E-state index contributed by atoms with van der Waals surface area (Å²) in [5.41, 5.74) is 3.60. The summed E-state index contributed by atoms with van der Waals surface area (Å²) in [6.07, 6.45) is 4.75. The van der Waals surface area contributed by atoms with Gasteiger partial charge in [0.15, 0.2) is 5.11 Å². The van der Waals surface area contributed by atoms with Gasteiger partial charge in [-0.1, -0.05) is 60.9 Å². The monoisotopic (exact) mass is 310 g/mol. The second-order valence-electron chi connectivity index (χ2n) is 6.10. The highest BCUT2D eigenvalue weighted by Crippen LogP contribution is 2.38. The van der Waals surface area contributed by atoms with Gasteiger partial charge < -0.3 is 10.6 Å². The first-order chi connectivity index (χ1) is 10.7. The fourth-order valence-corrected chi connectivity index (χ4v) is 3.55. The van der Waals surface area contributed by atoms with Gasteiger partial charge in [-0.25, -0.2) is 0 Å². The maximum atomic E-state index is 5.56. The first kappa shape index (κ1) is 15.0. The average Bonchev–Trinajstić information content (AvgIpc) is 3.00. The van der Waals surface area contributed by atoms with Crippen molar-refractivity contribution >= 4 is 23.0 Å². The molecule has 0 aromatic heterocycles. The van der Waals surface area contributed by atoms with Crippen LogP contribution in [0.1, 0.15) is 36.8 Å². The molecule has 1 aliphatic carbocycles. The van der Waals surface area contributed by atoms with Crippen molar-refractivity contribution in [2.45, 2.75) is 38.1 Å². The largest absolute Gasteiger partial charge is 0.353 e. The second kappa shape index (κ2) is 6.49. The highest BCUT2D eigenvalue weighted by molar-refractivity contribution is 7.80. The third-order valence-corrected chi connectivity index (χ3v) is 4.65. The van der Waals surface area contributed by atoms with Crippen LogP contribution in [0.2, 0.25) is 0 Å². The summed E-state index contributed by atoms with van der Waals surface area (Å²) in [6.45, 7) is 2.09. The van der Waals surface area contributed by atoms with Crippen LogP contribution in [0.15, 0.2) is 54.6 Å². The minimum absolute atomic E-state index is 0.0178. The number of aryl methyl sites for hydroxylation is 1. The third-order valence-electron chi connectivity index (χ3n) is 4.45. The molecular formula is C19H22N2S. The molecule has 0 unspecified atom stereocenters. The minimum atomic E-state index is -0.0178. The maximum Gasteiger partial charge on any atom is 0.171 e. The van der Waals surface area contributed by atoms with Crippen LogP contribution in [0, 0.1) is 6.92 Å². The van der Waals surface area contributed by atoms with E-state index >= 15 is 0 Å². The zero-order valence-corrected chi connectivity index (χ0v) is 13.7. The lowest BCUT2D eigenvalue weighted by Crippen LogP contribution is -2.45. The molecule has 2 N–H and O–H groups in total. The van der Waals surface area contributed by atoms with Crippen molar-refractivity contribution in [1.29, 1.82) is 0 Å². The number of rotatable bonds is 3. The average molecular weight is 310 g/mol. The molecule has 1 fully saturated rings. The van der Waals surface area contributed by atoms with Gasteiger partial charge in [0.2, 0.25) is 0 Å². The number of thiocarbonyl (C=S) groups is 1. The highest BCUT2D eigenvalue weighted by atomic mass is 32.1. The molecule has 0 aliphatic heterocycles. The Hall–Kier alpha value is -1.87. The summed E-state index contributed by atoms with van der Waals surface area (Å²) >= 11 is 5.56. The van der Waals surface area contributed by atoms with Crippen LogP contribution in [0.25, 0.3) is 0 Å². The molecule has 2 aromatic rings. The van der Waals surface area contributed by atoms with E-state index in [-0.39, 0.29) is 5.54 Å². The van der Waals surface area contributed by atoms with E-state index in [1.54, 1.807) is 0 Å². The molecule has 2 aromatic carbocycles. The van der Waals surface area contributed by atoms with Crippen LogP contribution < -0.4 is 10.6 Å².